The summed E-state index contributed by atoms with van der Waals surface area (Å²) in [6, 6.07) is 18.3. The van der Waals surface area contributed by atoms with Crippen LogP contribution in [0.3, 0.4) is 0 Å². The maximum Gasteiger partial charge on any atom is 0.240 e. The zero-order chi connectivity index (χ0) is 20.4. The molecule has 0 aliphatic rings. The van der Waals surface area contributed by atoms with E-state index in [-0.39, 0.29) is 11.2 Å². The van der Waals surface area contributed by atoms with E-state index >= 15 is 0 Å². The van der Waals surface area contributed by atoms with Crippen LogP contribution >= 0.6 is 23.1 Å². The second-order valence-electron chi connectivity index (χ2n) is 7.02. The molecule has 1 unspecified atom stereocenters. The first-order chi connectivity index (χ1) is 14.0. The number of hydrogen-bond acceptors (Lipinski definition) is 5. The van der Waals surface area contributed by atoms with Gasteiger partial charge in [0.2, 0.25) is 5.91 Å². The molecule has 0 spiro atoms. The van der Waals surface area contributed by atoms with Crippen molar-refractivity contribution in [3.8, 4) is 11.1 Å². The van der Waals surface area contributed by atoms with E-state index in [0.29, 0.717) is 0 Å². The van der Waals surface area contributed by atoms with Crippen LogP contribution in [-0.2, 0) is 4.79 Å². The fourth-order valence-electron chi connectivity index (χ4n) is 3.12. The highest BCUT2D eigenvalue weighted by molar-refractivity contribution is 8.00. The van der Waals surface area contributed by atoms with Crippen LogP contribution in [0.2, 0.25) is 0 Å². The second-order valence-corrected chi connectivity index (χ2v) is 8.97. The predicted octanol–water partition coefficient (Wildman–Crippen LogP) is 5.59. The number of amides is 1. The van der Waals surface area contributed by atoms with E-state index in [0.717, 1.165) is 31.9 Å². The van der Waals surface area contributed by atoms with Crippen LogP contribution < -0.4 is 0 Å². The van der Waals surface area contributed by atoms with E-state index in [9.17, 15) is 4.79 Å². The largest absolute Gasteiger partial charge is 0.348 e. The van der Waals surface area contributed by atoms with Crippen molar-refractivity contribution in [1.29, 1.82) is 0 Å². The fourth-order valence-corrected chi connectivity index (χ4v) is 5.36. The number of rotatable bonds is 5. The van der Waals surface area contributed by atoms with E-state index in [1.54, 1.807) is 36.7 Å². The van der Waals surface area contributed by atoms with Gasteiger partial charge in [0, 0.05) is 25.0 Å². The number of hydrogen-bond donors (Lipinski definition) is 0. The Morgan fingerprint density at radius 2 is 1.76 bits per heavy atom. The van der Waals surface area contributed by atoms with Gasteiger partial charge in [0.05, 0.1) is 5.39 Å². The maximum atomic E-state index is 13.0. The number of fused-ring (bicyclic) bond motifs is 1. The van der Waals surface area contributed by atoms with Crippen molar-refractivity contribution in [1.82, 2.24) is 14.9 Å². The van der Waals surface area contributed by atoms with Crippen molar-refractivity contribution in [2.75, 3.05) is 14.1 Å². The first-order valence-electron chi connectivity index (χ1n) is 9.26. The first-order valence-corrected chi connectivity index (χ1v) is 11.0. The average Bonchev–Trinajstić information content (AvgIpc) is 3.17. The smallest absolute Gasteiger partial charge is 0.240 e. The van der Waals surface area contributed by atoms with Gasteiger partial charge < -0.3 is 4.90 Å². The minimum Gasteiger partial charge on any atom is -0.348 e. The third kappa shape index (κ3) is 4.04. The predicted molar refractivity (Wildman–Crippen MR) is 121 cm³/mol. The molecule has 0 bridgehead atoms. The molecule has 1 amide bonds. The molecule has 4 nitrogen and oxygen atoms in total. The quantitative estimate of drug-likeness (QED) is 0.313. The summed E-state index contributed by atoms with van der Waals surface area (Å²) in [5, 5.41) is 3.60. The van der Waals surface area contributed by atoms with Crippen molar-refractivity contribution < 1.29 is 4.79 Å². The van der Waals surface area contributed by atoms with Crippen LogP contribution in [0.4, 0.5) is 0 Å². The Hall–Kier alpha value is -2.70. The molecule has 6 heteroatoms. The molecular weight excluding hydrogens is 398 g/mol. The van der Waals surface area contributed by atoms with Crippen molar-refractivity contribution in [3.05, 3.63) is 77.4 Å². The van der Waals surface area contributed by atoms with Crippen molar-refractivity contribution in [2.24, 2.45) is 0 Å². The highest BCUT2D eigenvalue weighted by atomic mass is 32.2. The lowest BCUT2D eigenvalue weighted by molar-refractivity contribution is -0.128. The Morgan fingerprint density at radius 3 is 2.45 bits per heavy atom. The molecular formula is C23H21N3OS2. The van der Waals surface area contributed by atoms with Gasteiger partial charge in [0.25, 0.3) is 0 Å². The lowest BCUT2D eigenvalue weighted by atomic mass is 10.1. The lowest BCUT2D eigenvalue weighted by Gasteiger charge is -2.20. The van der Waals surface area contributed by atoms with E-state index in [2.05, 4.69) is 46.5 Å². The van der Waals surface area contributed by atoms with Crippen LogP contribution in [0.5, 0.6) is 0 Å². The van der Waals surface area contributed by atoms with Crippen LogP contribution in [0.25, 0.3) is 21.3 Å². The van der Waals surface area contributed by atoms with E-state index in [4.69, 9.17) is 0 Å². The van der Waals surface area contributed by atoms with Gasteiger partial charge in [0.15, 0.2) is 0 Å². The summed E-state index contributed by atoms with van der Waals surface area (Å²) in [6.45, 7) is 2.08. The molecule has 2 aromatic carbocycles. The van der Waals surface area contributed by atoms with Crippen LogP contribution in [-0.4, -0.2) is 34.9 Å². The lowest BCUT2D eigenvalue weighted by Crippen LogP contribution is -2.26. The standard InChI is InChI=1S/C23H21N3OS2/c1-15-9-11-16(12-10-15)18-13-28-21-19(18)22(25-14-24-21)29-20(23(27)26(2)3)17-7-5-4-6-8-17/h4-14,20H,1-3H3. The molecule has 0 aliphatic carbocycles. The van der Waals surface area contributed by atoms with Crippen LogP contribution in [0, 0.1) is 6.92 Å². The number of benzene rings is 2. The second kappa shape index (κ2) is 8.35. The molecule has 0 radical (unpaired) electrons. The molecule has 4 aromatic rings. The number of thioether (sulfide) groups is 1. The van der Waals surface area contributed by atoms with E-state index in [1.165, 1.54) is 17.3 Å². The SMILES string of the molecule is Cc1ccc(-c2csc3ncnc(SC(C(=O)N(C)C)c4ccccc4)c23)cc1. The molecule has 146 valence electrons. The summed E-state index contributed by atoms with van der Waals surface area (Å²) in [5.74, 6) is 0.0417. The molecule has 1 atom stereocenters. The van der Waals surface area contributed by atoms with E-state index < -0.39 is 0 Å². The number of carbonyl (C=O) groups excluding carboxylic acids is 1. The third-order valence-corrected chi connectivity index (χ3v) is 6.82. The Morgan fingerprint density at radius 1 is 1.03 bits per heavy atom. The third-order valence-electron chi connectivity index (χ3n) is 4.69. The minimum absolute atomic E-state index is 0.0417. The topological polar surface area (TPSA) is 46.1 Å². The maximum absolute atomic E-state index is 13.0. The monoisotopic (exact) mass is 419 g/mol. The summed E-state index contributed by atoms with van der Waals surface area (Å²) >= 11 is 3.09. The van der Waals surface area contributed by atoms with Gasteiger partial charge in [-0.05, 0) is 18.1 Å². The summed E-state index contributed by atoms with van der Waals surface area (Å²) in [4.78, 5) is 24.6. The fraction of sp³-hybridized carbons (Fsp3) is 0.174. The number of carbonyl (C=O) groups is 1. The Kier molecular flexibility index (Phi) is 5.65. The van der Waals surface area contributed by atoms with Crippen LogP contribution in [0.15, 0.2) is 71.3 Å². The molecule has 29 heavy (non-hydrogen) atoms. The summed E-state index contributed by atoms with van der Waals surface area (Å²) < 4.78 is 0. The zero-order valence-corrected chi connectivity index (χ0v) is 18.1. The van der Waals surface area contributed by atoms with E-state index in [1.807, 2.05) is 30.3 Å². The highest BCUT2D eigenvalue weighted by Gasteiger charge is 2.26. The van der Waals surface area contributed by atoms with Crippen molar-refractivity contribution in [2.45, 2.75) is 17.2 Å². The Labute approximate surface area is 178 Å². The molecule has 4 rings (SSSR count). The zero-order valence-electron chi connectivity index (χ0n) is 16.5. The van der Waals surface area contributed by atoms with Gasteiger partial charge in [-0.3, -0.25) is 4.79 Å². The first kappa shape index (κ1) is 19.6. The molecule has 0 saturated heterocycles. The molecule has 0 saturated carbocycles. The average molecular weight is 420 g/mol. The molecule has 2 aromatic heterocycles. The van der Waals surface area contributed by atoms with Gasteiger partial charge >= 0.3 is 0 Å². The normalized spacial score (nSPS) is 12.1. The molecule has 0 aliphatic heterocycles. The van der Waals surface area contributed by atoms with Gasteiger partial charge in [-0.2, -0.15) is 0 Å². The number of likely N-dealkylation sites (N-methyl/N-ethyl adjacent to an activating group) is 1. The number of nitrogens with zero attached hydrogens (tertiary/aromatic N) is 3. The summed E-state index contributed by atoms with van der Waals surface area (Å²) in [6.07, 6.45) is 1.59. The van der Waals surface area contributed by atoms with Gasteiger partial charge in [-0.1, -0.05) is 71.9 Å². The Bertz CT molecular complexity index is 1140. The van der Waals surface area contributed by atoms with Gasteiger partial charge in [0.1, 0.15) is 21.4 Å². The highest BCUT2D eigenvalue weighted by Crippen LogP contribution is 2.43. The van der Waals surface area contributed by atoms with Crippen molar-refractivity contribution >= 4 is 39.2 Å². The van der Waals surface area contributed by atoms with Gasteiger partial charge in [-0.25, -0.2) is 9.97 Å². The molecule has 0 N–H and O–H groups in total. The number of thiophene rings is 1. The number of aromatic nitrogens is 2. The minimum atomic E-state index is -0.366. The molecule has 2 heterocycles. The molecule has 0 fully saturated rings. The summed E-state index contributed by atoms with van der Waals surface area (Å²) in [5.41, 5.74) is 4.43. The van der Waals surface area contributed by atoms with Gasteiger partial charge in [-0.15, -0.1) is 11.3 Å². The van der Waals surface area contributed by atoms with Crippen LogP contribution in [0.1, 0.15) is 16.4 Å². The Balaban J connectivity index is 1.81. The van der Waals surface area contributed by atoms with Crippen molar-refractivity contribution in [3.63, 3.8) is 0 Å². The number of aryl methyl sites for hydroxylation is 1. The summed E-state index contributed by atoms with van der Waals surface area (Å²) in [7, 11) is 3.58.